The maximum Gasteiger partial charge on any atom is 0.172 e. The Hall–Kier alpha value is -6.80. The second-order valence-corrected chi connectivity index (χ2v) is 16.9. The zero-order valence-corrected chi connectivity index (χ0v) is 30.7. The molecule has 1 aliphatic rings. The van der Waals surface area contributed by atoms with Crippen LogP contribution in [-0.2, 0) is 4.57 Å². The Bertz CT molecular complexity index is 3150. The lowest BCUT2D eigenvalue weighted by Gasteiger charge is -2.17. The van der Waals surface area contributed by atoms with Crippen LogP contribution in [0.5, 0.6) is 0 Å². The Morgan fingerprint density at radius 3 is 1.71 bits per heavy atom. The van der Waals surface area contributed by atoms with Crippen LogP contribution in [0.15, 0.2) is 200 Å². The number of benzene rings is 8. The van der Waals surface area contributed by atoms with Crippen molar-refractivity contribution in [1.82, 2.24) is 9.55 Å². The van der Waals surface area contributed by atoms with Crippen LogP contribution < -0.4 is 15.9 Å². The fourth-order valence-corrected chi connectivity index (χ4v) is 11.7. The van der Waals surface area contributed by atoms with Crippen molar-refractivity contribution in [2.75, 3.05) is 0 Å². The first-order valence-corrected chi connectivity index (χ1v) is 20.4. The van der Waals surface area contributed by atoms with Gasteiger partial charge in [0.15, 0.2) is 7.14 Å². The highest BCUT2D eigenvalue weighted by Crippen LogP contribution is 2.55. The van der Waals surface area contributed by atoms with E-state index in [0.717, 1.165) is 88.0 Å². The quantitative estimate of drug-likeness (QED) is 0.166. The number of hydrogen-bond donors (Lipinski definition) is 0. The zero-order valence-electron chi connectivity index (χ0n) is 29.8. The SMILES string of the molecule is O=P1(c2ccccc2)c2ccccc2-c2c1ccc1c3ccc4ccccc4c3n(-c3cc(-c4ccccc4)nc(-c4ccc(-c5ccccc5)cc4)c3)c21. The van der Waals surface area contributed by atoms with Crippen LogP contribution in [0, 0.1) is 0 Å². The van der Waals surface area contributed by atoms with E-state index in [2.05, 4.69) is 156 Å². The molecule has 0 N–H and O–H groups in total. The number of pyridine rings is 1. The highest BCUT2D eigenvalue weighted by molar-refractivity contribution is 7.86. The van der Waals surface area contributed by atoms with E-state index in [9.17, 15) is 0 Å². The second kappa shape index (κ2) is 12.4. The summed E-state index contributed by atoms with van der Waals surface area (Å²) < 4.78 is 18.2. The van der Waals surface area contributed by atoms with Gasteiger partial charge in [0.2, 0.25) is 0 Å². The van der Waals surface area contributed by atoms with Gasteiger partial charge < -0.3 is 9.13 Å². The van der Waals surface area contributed by atoms with Gasteiger partial charge in [0.1, 0.15) is 0 Å². The number of hydrogen-bond acceptors (Lipinski definition) is 2. The van der Waals surface area contributed by atoms with Gasteiger partial charge in [-0.3, -0.25) is 0 Å². The molecule has 0 fully saturated rings. The third kappa shape index (κ3) is 4.84. The molecule has 11 rings (SSSR count). The lowest BCUT2D eigenvalue weighted by molar-refractivity contribution is 0.593. The predicted octanol–water partition coefficient (Wildman–Crippen LogP) is 12.0. The Morgan fingerprint density at radius 2 is 0.964 bits per heavy atom. The second-order valence-electron chi connectivity index (χ2n) is 14.2. The van der Waals surface area contributed by atoms with Gasteiger partial charge in [-0.05, 0) is 40.3 Å². The smallest absolute Gasteiger partial charge is 0.172 e. The molecule has 0 aliphatic carbocycles. The molecule has 55 heavy (non-hydrogen) atoms. The summed E-state index contributed by atoms with van der Waals surface area (Å²) in [5.74, 6) is 0. The predicted molar refractivity (Wildman–Crippen MR) is 231 cm³/mol. The standard InChI is InChI=1S/C51H33N2OP/c54-55(40-19-8-3-9-20-40)47-23-13-12-22-44(47)49-48(55)31-30-43-42-29-28-36-16-10-11-21-41(36)50(42)53(51(43)49)39-32-45(37-17-6-2-7-18-37)52-46(33-39)38-26-24-35(25-27-38)34-14-4-1-5-15-34/h1-33H. The third-order valence-corrected chi connectivity index (χ3v) is 14.3. The molecule has 1 unspecified atom stereocenters. The lowest BCUT2D eigenvalue weighted by Crippen LogP contribution is -2.20. The highest BCUT2D eigenvalue weighted by atomic mass is 31.2. The Morgan fingerprint density at radius 1 is 0.418 bits per heavy atom. The molecule has 3 nitrogen and oxygen atoms in total. The molecule has 10 aromatic rings. The van der Waals surface area contributed by atoms with Crippen LogP contribution in [0.3, 0.4) is 0 Å². The van der Waals surface area contributed by atoms with Crippen molar-refractivity contribution in [2.24, 2.45) is 0 Å². The molecule has 1 atom stereocenters. The van der Waals surface area contributed by atoms with Gasteiger partial charge in [0, 0.05) is 48.8 Å². The number of nitrogens with zero attached hydrogens (tertiary/aromatic N) is 2. The van der Waals surface area contributed by atoms with E-state index in [1.54, 1.807) is 0 Å². The summed E-state index contributed by atoms with van der Waals surface area (Å²) in [6.45, 7) is 0. The van der Waals surface area contributed by atoms with E-state index < -0.39 is 7.14 Å². The topological polar surface area (TPSA) is 34.9 Å². The number of rotatable bonds is 5. The average Bonchev–Trinajstić information content (AvgIpc) is 3.75. The maximum absolute atomic E-state index is 15.8. The summed E-state index contributed by atoms with van der Waals surface area (Å²) in [5.41, 5.74) is 11.4. The number of fused-ring (bicyclic) bond motifs is 9. The molecule has 0 spiro atoms. The van der Waals surface area contributed by atoms with Crippen LogP contribution in [-0.4, -0.2) is 9.55 Å². The van der Waals surface area contributed by atoms with Crippen molar-refractivity contribution >= 4 is 55.6 Å². The van der Waals surface area contributed by atoms with Gasteiger partial charge in [0.25, 0.3) is 0 Å². The summed E-state index contributed by atoms with van der Waals surface area (Å²) in [5, 5.41) is 7.24. The van der Waals surface area contributed by atoms with Crippen molar-refractivity contribution in [1.29, 1.82) is 0 Å². The van der Waals surface area contributed by atoms with E-state index in [-0.39, 0.29) is 0 Å². The van der Waals surface area contributed by atoms with Crippen LogP contribution in [0.2, 0.25) is 0 Å². The minimum atomic E-state index is -3.18. The fourth-order valence-electron chi connectivity index (χ4n) is 8.66. The number of aromatic nitrogens is 2. The first-order chi connectivity index (χ1) is 27.2. The van der Waals surface area contributed by atoms with Gasteiger partial charge in [-0.25, -0.2) is 4.98 Å². The normalized spacial score (nSPS) is 14.7. The third-order valence-electron chi connectivity index (χ3n) is 11.2. The Balaban J connectivity index is 1.26. The summed E-state index contributed by atoms with van der Waals surface area (Å²) in [6.07, 6.45) is 0. The van der Waals surface area contributed by atoms with E-state index >= 15 is 4.57 Å². The molecule has 4 heteroatoms. The molecular formula is C51H33N2OP. The molecule has 0 radical (unpaired) electrons. The van der Waals surface area contributed by atoms with Crippen LogP contribution >= 0.6 is 7.14 Å². The van der Waals surface area contributed by atoms with Crippen molar-refractivity contribution in [3.63, 3.8) is 0 Å². The van der Waals surface area contributed by atoms with Crippen molar-refractivity contribution in [3.8, 4) is 50.5 Å². The van der Waals surface area contributed by atoms with Crippen LogP contribution in [0.25, 0.3) is 83.0 Å². The van der Waals surface area contributed by atoms with Crippen LogP contribution in [0.4, 0.5) is 0 Å². The first-order valence-electron chi connectivity index (χ1n) is 18.7. The van der Waals surface area contributed by atoms with Crippen molar-refractivity contribution in [2.45, 2.75) is 0 Å². The molecule has 0 amide bonds. The Labute approximate surface area is 319 Å². The van der Waals surface area contributed by atoms with Crippen LogP contribution in [0.1, 0.15) is 0 Å². The minimum absolute atomic E-state index is 0.852. The largest absolute Gasteiger partial charge is 0.309 e. The zero-order chi connectivity index (χ0) is 36.5. The van der Waals surface area contributed by atoms with Gasteiger partial charge in [0.05, 0.1) is 28.1 Å². The van der Waals surface area contributed by atoms with E-state index in [4.69, 9.17) is 4.98 Å². The molecule has 0 bridgehead atoms. The first kappa shape index (κ1) is 31.7. The van der Waals surface area contributed by atoms with E-state index in [0.29, 0.717) is 0 Å². The summed E-state index contributed by atoms with van der Waals surface area (Å²) in [4.78, 5) is 5.32. The molecular weight excluding hydrogens is 688 g/mol. The molecule has 258 valence electrons. The monoisotopic (exact) mass is 720 g/mol. The fraction of sp³-hybridized carbons (Fsp3) is 0. The van der Waals surface area contributed by atoms with Gasteiger partial charge >= 0.3 is 0 Å². The Kier molecular flexibility index (Phi) is 7.14. The van der Waals surface area contributed by atoms with Crippen molar-refractivity contribution in [3.05, 3.63) is 200 Å². The van der Waals surface area contributed by atoms with Gasteiger partial charge in [-0.15, -0.1) is 0 Å². The summed E-state index contributed by atoms with van der Waals surface area (Å²) in [7, 11) is -3.18. The van der Waals surface area contributed by atoms with E-state index in [1.807, 2.05) is 48.5 Å². The van der Waals surface area contributed by atoms with Crippen molar-refractivity contribution < 1.29 is 4.57 Å². The maximum atomic E-state index is 15.8. The molecule has 2 aromatic heterocycles. The highest BCUT2D eigenvalue weighted by Gasteiger charge is 2.42. The molecule has 0 saturated carbocycles. The molecule has 1 aliphatic heterocycles. The van der Waals surface area contributed by atoms with Gasteiger partial charge in [-0.1, -0.05) is 182 Å². The summed E-state index contributed by atoms with van der Waals surface area (Å²) in [6, 6.07) is 69.8. The minimum Gasteiger partial charge on any atom is -0.309 e. The molecule has 0 saturated heterocycles. The van der Waals surface area contributed by atoms with E-state index in [1.165, 1.54) is 10.9 Å². The van der Waals surface area contributed by atoms with Gasteiger partial charge in [-0.2, -0.15) is 0 Å². The summed E-state index contributed by atoms with van der Waals surface area (Å²) >= 11 is 0. The lowest BCUT2D eigenvalue weighted by atomic mass is 10.0. The molecule has 3 heterocycles. The average molecular weight is 721 g/mol. The molecule has 8 aromatic carbocycles.